The highest BCUT2D eigenvalue weighted by Gasteiger charge is 2.19. The molecule has 0 aliphatic rings. The van der Waals surface area contributed by atoms with E-state index in [1.54, 1.807) is 6.07 Å². The van der Waals surface area contributed by atoms with Crippen LogP contribution in [-0.2, 0) is 0 Å². The Labute approximate surface area is 116 Å². The summed E-state index contributed by atoms with van der Waals surface area (Å²) in [5.74, 6) is 0.600. The predicted molar refractivity (Wildman–Crippen MR) is 78.4 cm³/mol. The normalized spacial score (nSPS) is 13.4. The third-order valence-electron chi connectivity index (χ3n) is 2.99. The Balaban J connectivity index is 2.74. The molecule has 1 aromatic carbocycles. The maximum atomic E-state index is 12.3. The minimum Gasteiger partial charge on any atom is -0.294 e. The summed E-state index contributed by atoms with van der Waals surface area (Å²) in [6, 6.07) is 5.51. The van der Waals surface area contributed by atoms with Crippen molar-refractivity contribution in [1.82, 2.24) is 0 Å². The largest absolute Gasteiger partial charge is 0.294 e. The molecular formula is C16H23ClO. The van der Waals surface area contributed by atoms with Gasteiger partial charge in [-0.1, -0.05) is 45.4 Å². The molecule has 1 unspecified atom stereocenters. The van der Waals surface area contributed by atoms with Gasteiger partial charge >= 0.3 is 0 Å². The Morgan fingerprint density at radius 1 is 1.33 bits per heavy atom. The van der Waals surface area contributed by atoms with Crippen molar-refractivity contribution in [2.45, 2.75) is 47.5 Å². The van der Waals surface area contributed by atoms with Crippen LogP contribution in [0.1, 0.15) is 56.5 Å². The number of ketones is 1. The molecule has 0 fully saturated rings. The van der Waals surface area contributed by atoms with Gasteiger partial charge in [-0.15, -0.1) is 0 Å². The van der Waals surface area contributed by atoms with Crippen molar-refractivity contribution in [3.05, 3.63) is 34.3 Å². The first-order chi connectivity index (χ1) is 8.19. The monoisotopic (exact) mass is 266 g/mol. The molecule has 0 saturated carbocycles. The van der Waals surface area contributed by atoms with Crippen LogP contribution < -0.4 is 0 Å². The molecule has 1 nitrogen and oxygen atoms in total. The maximum Gasteiger partial charge on any atom is 0.163 e. The highest BCUT2D eigenvalue weighted by Crippen LogP contribution is 2.27. The molecule has 2 heteroatoms. The molecule has 1 atom stereocenters. The van der Waals surface area contributed by atoms with E-state index in [1.807, 2.05) is 19.1 Å². The fraction of sp³-hybridized carbons (Fsp3) is 0.562. The average molecular weight is 267 g/mol. The first-order valence-corrected chi connectivity index (χ1v) is 6.86. The third-order valence-corrected chi connectivity index (χ3v) is 3.23. The second-order valence-electron chi connectivity index (χ2n) is 6.46. The molecule has 0 saturated heterocycles. The van der Waals surface area contributed by atoms with E-state index >= 15 is 0 Å². The van der Waals surface area contributed by atoms with Gasteiger partial charge in [0.15, 0.2) is 5.78 Å². The van der Waals surface area contributed by atoms with Gasteiger partial charge in [-0.25, -0.2) is 0 Å². The molecule has 0 bridgehead atoms. The first kappa shape index (κ1) is 15.2. The third kappa shape index (κ3) is 4.81. The van der Waals surface area contributed by atoms with Crippen molar-refractivity contribution in [2.75, 3.05) is 0 Å². The van der Waals surface area contributed by atoms with Crippen molar-refractivity contribution in [3.63, 3.8) is 0 Å². The first-order valence-electron chi connectivity index (χ1n) is 6.48. The topological polar surface area (TPSA) is 17.1 Å². The zero-order valence-corrected chi connectivity index (χ0v) is 12.8. The van der Waals surface area contributed by atoms with E-state index in [2.05, 4.69) is 27.7 Å². The lowest BCUT2D eigenvalue weighted by atomic mass is 9.82. The SMILES string of the molecule is Cc1ccc(Cl)cc1C(=O)CC(C)CC(C)(C)C. The number of halogens is 1. The quantitative estimate of drug-likeness (QED) is 0.677. The van der Waals surface area contributed by atoms with Gasteiger partial charge in [0.05, 0.1) is 0 Å². The molecule has 0 amide bonds. The Kier molecular flexibility index (Phi) is 4.98. The van der Waals surface area contributed by atoms with Gasteiger partial charge in [0.25, 0.3) is 0 Å². The number of aryl methyl sites for hydroxylation is 1. The fourth-order valence-corrected chi connectivity index (χ4v) is 2.61. The number of hydrogen-bond donors (Lipinski definition) is 0. The molecule has 0 aliphatic heterocycles. The Bertz CT molecular complexity index is 429. The Hall–Kier alpha value is -0.820. The highest BCUT2D eigenvalue weighted by molar-refractivity contribution is 6.31. The Morgan fingerprint density at radius 3 is 2.50 bits per heavy atom. The predicted octanol–water partition coefficient (Wildman–Crippen LogP) is 5.29. The van der Waals surface area contributed by atoms with E-state index in [-0.39, 0.29) is 11.2 Å². The van der Waals surface area contributed by atoms with Crippen LogP contribution in [0.15, 0.2) is 18.2 Å². The number of carbonyl (C=O) groups excluding carboxylic acids is 1. The van der Waals surface area contributed by atoms with E-state index in [9.17, 15) is 4.79 Å². The van der Waals surface area contributed by atoms with Gasteiger partial charge in [-0.3, -0.25) is 4.79 Å². The summed E-state index contributed by atoms with van der Waals surface area (Å²) in [7, 11) is 0. The van der Waals surface area contributed by atoms with Crippen molar-refractivity contribution in [2.24, 2.45) is 11.3 Å². The number of benzene rings is 1. The van der Waals surface area contributed by atoms with Crippen LogP contribution >= 0.6 is 11.6 Å². The maximum absolute atomic E-state index is 12.3. The molecule has 1 aromatic rings. The van der Waals surface area contributed by atoms with Crippen molar-refractivity contribution >= 4 is 17.4 Å². The van der Waals surface area contributed by atoms with Crippen molar-refractivity contribution < 1.29 is 4.79 Å². The molecule has 0 spiro atoms. The van der Waals surface area contributed by atoms with E-state index in [4.69, 9.17) is 11.6 Å². The molecular weight excluding hydrogens is 244 g/mol. The smallest absolute Gasteiger partial charge is 0.163 e. The van der Waals surface area contributed by atoms with Crippen LogP contribution in [-0.4, -0.2) is 5.78 Å². The lowest BCUT2D eigenvalue weighted by Crippen LogP contribution is -2.15. The zero-order valence-electron chi connectivity index (χ0n) is 12.0. The van der Waals surface area contributed by atoms with Gasteiger partial charge < -0.3 is 0 Å². The van der Waals surface area contributed by atoms with Crippen LogP contribution in [0.3, 0.4) is 0 Å². The standard InChI is InChI=1S/C16H23ClO/c1-11(10-16(3,4)5)8-15(18)14-9-13(17)7-6-12(14)2/h6-7,9,11H,8,10H2,1-5H3. The van der Waals surface area contributed by atoms with Crippen LogP contribution in [0, 0.1) is 18.3 Å². The summed E-state index contributed by atoms with van der Waals surface area (Å²) < 4.78 is 0. The van der Waals surface area contributed by atoms with Crippen LogP contribution in [0.5, 0.6) is 0 Å². The molecule has 0 heterocycles. The average Bonchev–Trinajstić information content (AvgIpc) is 2.18. The molecule has 0 aromatic heterocycles. The minimum atomic E-state index is 0.201. The molecule has 1 rings (SSSR count). The van der Waals surface area contributed by atoms with Gasteiger partial charge in [0.1, 0.15) is 0 Å². The van der Waals surface area contributed by atoms with Crippen molar-refractivity contribution in [3.8, 4) is 0 Å². The van der Waals surface area contributed by atoms with Gasteiger partial charge in [-0.2, -0.15) is 0 Å². The van der Waals surface area contributed by atoms with Crippen LogP contribution in [0.4, 0.5) is 0 Å². The second-order valence-corrected chi connectivity index (χ2v) is 6.89. The van der Waals surface area contributed by atoms with E-state index in [0.717, 1.165) is 17.5 Å². The van der Waals surface area contributed by atoms with Gasteiger partial charge in [0, 0.05) is 17.0 Å². The number of Topliss-reactive ketones (excluding diaryl/α,β-unsaturated/α-hetero) is 1. The number of hydrogen-bond acceptors (Lipinski definition) is 1. The van der Waals surface area contributed by atoms with E-state index < -0.39 is 0 Å². The molecule has 0 radical (unpaired) electrons. The van der Waals surface area contributed by atoms with Crippen LogP contribution in [0.2, 0.25) is 5.02 Å². The highest BCUT2D eigenvalue weighted by atomic mass is 35.5. The second kappa shape index (κ2) is 5.88. The summed E-state index contributed by atoms with van der Waals surface area (Å²) >= 11 is 5.95. The molecule has 100 valence electrons. The summed E-state index contributed by atoms with van der Waals surface area (Å²) in [5.41, 5.74) is 2.04. The van der Waals surface area contributed by atoms with Crippen LogP contribution in [0.25, 0.3) is 0 Å². The van der Waals surface area contributed by atoms with E-state index in [1.165, 1.54) is 0 Å². The summed E-state index contributed by atoms with van der Waals surface area (Å²) in [4.78, 5) is 12.3. The fourth-order valence-electron chi connectivity index (χ4n) is 2.44. The lowest BCUT2D eigenvalue weighted by molar-refractivity contribution is 0.0953. The number of carbonyl (C=O) groups is 1. The Morgan fingerprint density at radius 2 is 1.94 bits per heavy atom. The van der Waals surface area contributed by atoms with Gasteiger partial charge in [0.2, 0.25) is 0 Å². The minimum absolute atomic E-state index is 0.201. The summed E-state index contributed by atoms with van der Waals surface area (Å²) in [6.07, 6.45) is 1.65. The number of rotatable bonds is 4. The zero-order chi connectivity index (χ0) is 13.9. The summed E-state index contributed by atoms with van der Waals surface area (Å²) in [6.45, 7) is 10.7. The van der Waals surface area contributed by atoms with E-state index in [0.29, 0.717) is 17.4 Å². The van der Waals surface area contributed by atoms with Gasteiger partial charge in [-0.05, 0) is 42.4 Å². The summed E-state index contributed by atoms with van der Waals surface area (Å²) in [5, 5.41) is 0.632. The molecule has 18 heavy (non-hydrogen) atoms. The lowest BCUT2D eigenvalue weighted by Gasteiger charge is -2.22. The molecule has 0 aliphatic carbocycles. The van der Waals surface area contributed by atoms with Crippen molar-refractivity contribution in [1.29, 1.82) is 0 Å². The molecule has 0 N–H and O–H groups in total.